The summed E-state index contributed by atoms with van der Waals surface area (Å²) in [5.74, 6) is 0. The zero-order valence-corrected chi connectivity index (χ0v) is 7.28. The Kier molecular flexibility index (Phi) is 3.22. The van der Waals surface area contributed by atoms with E-state index in [-0.39, 0.29) is 12.6 Å². The van der Waals surface area contributed by atoms with Crippen LogP contribution in [0.15, 0.2) is 0 Å². The van der Waals surface area contributed by atoms with E-state index in [1.54, 1.807) is 0 Å². The Morgan fingerprint density at radius 3 is 2.67 bits per heavy atom. The van der Waals surface area contributed by atoms with E-state index in [0.717, 1.165) is 0 Å². The first-order valence-electron chi connectivity index (χ1n) is 3.60. The van der Waals surface area contributed by atoms with Crippen LogP contribution in [0.1, 0.15) is 6.42 Å². The predicted molar refractivity (Wildman–Crippen MR) is 40.4 cm³/mol. The molecule has 6 nitrogen and oxygen atoms in total. The molecule has 0 spiro atoms. The fraction of sp³-hybridized carbons (Fsp3) is 1.00. The van der Waals surface area contributed by atoms with Gasteiger partial charge in [0.15, 0.2) is 0 Å². The molecule has 2 unspecified atom stereocenters. The van der Waals surface area contributed by atoms with Crippen molar-refractivity contribution < 1.29 is 24.0 Å². The first-order chi connectivity index (χ1) is 5.49. The van der Waals surface area contributed by atoms with E-state index < -0.39 is 13.9 Å². The molecule has 0 radical (unpaired) electrons. The second-order valence-electron chi connectivity index (χ2n) is 2.70. The van der Waals surface area contributed by atoms with E-state index in [9.17, 15) is 9.67 Å². The zero-order chi connectivity index (χ0) is 9.19. The number of hydrogen-bond donors (Lipinski definition) is 4. The quantitative estimate of drug-likeness (QED) is 0.425. The van der Waals surface area contributed by atoms with Gasteiger partial charge in [-0.15, -0.1) is 0 Å². The molecule has 1 aliphatic heterocycles. The highest BCUT2D eigenvalue weighted by Gasteiger charge is 2.27. The minimum absolute atomic E-state index is 0.161. The highest BCUT2D eigenvalue weighted by Crippen LogP contribution is 2.36. The van der Waals surface area contributed by atoms with Crippen LogP contribution in [-0.4, -0.2) is 40.2 Å². The number of phosphoric acid groups is 1. The topological polar surface area (TPSA) is 99.0 Å². The Labute approximate surface area is 69.8 Å². The summed E-state index contributed by atoms with van der Waals surface area (Å²) in [4.78, 5) is 16.7. The molecule has 72 valence electrons. The van der Waals surface area contributed by atoms with Crippen molar-refractivity contribution in [2.75, 3.05) is 13.2 Å². The lowest BCUT2D eigenvalue weighted by Gasteiger charge is -2.14. The third-order valence-electron chi connectivity index (χ3n) is 1.73. The molecule has 1 fully saturated rings. The van der Waals surface area contributed by atoms with Crippen molar-refractivity contribution in [2.24, 2.45) is 0 Å². The highest BCUT2D eigenvalue weighted by atomic mass is 31.2. The van der Waals surface area contributed by atoms with Crippen molar-refractivity contribution in [1.29, 1.82) is 0 Å². The van der Waals surface area contributed by atoms with E-state index in [1.807, 2.05) is 0 Å². The first kappa shape index (κ1) is 10.1. The molecular formula is C5H12NO5P. The van der Waals surface area contributed by atoms with Crippen LogP contribution in [0.4, 0.5) is 0 Å². The van der Waals surface area contributed by atoms with Gasteiger partial charge in [-0.3, -0.25) is 4.52 Å². The lowest BCUT2D eigenvalue weighted by molar-refractivity contribution is 0.111. The molecule has 0 amide bonds. The van der Waals surface area contributed by atoms with Gasteiger partial charge in [-0.1, -0.05) is 0 Å². The summed E-state index contributed by atoms with van der Waals surface area (Å²) < 4.78 is 14.5. The third kappa shape index (κ3) is 3.18. The Balaban J connectivity index is 2.27. The molecular weight excluding hydrogens is 185 g/mol. The van der Waals surface area contributed by atoms with Crippen LogP contribution in [0.5, 0.6) is 0 Å². The molecule has 0 aliphatic carbocycles. The summed E-state index contributed by atoms with van der Waals surface area (Å²) in [5, 5.41) is 12.1. The van der Waals surface area contributed by atoms with Gasteiger partial charge in [0, 0.05) is 0 Å². The molecule has 1 heterocycles. The van der Waals surface area contributed by atoms with Crippen LogP contribution < -0.4 is 5.32 Å². The van der Waals surface area contributed by atoms with Gasteiger partial charge >= 0.3 is 7.82 Å². The lowest BCUT2D eigenvalue weighted by Crippen LogP contribution is -2.34. The van der Waals surface area contributed by atoms with E-state index in [1.165, 1.54) is 0 Å². The Hall–Kier alpha value is 0.0300. The van der Waals surface area contributed by atoms with Gasteiger partial charge in [-0.05, 0) is 13.0 Å². The van der Waals surface area contributed by atoms with E-state index in [2.05, 4.69) is 9.84 Å². The number of hydrogen-bond acceptors (Lipinski definition) is 4. The molecule has 2 atom stereocenters. The Bertz CT molecular complexity index is 192. The van der Waals surface area contributed by atoms with Crippen LogP contribution in [-0.2, 0) is 9.09 Å². The van der Waals surface area contributed by atoms with Gasteiger partial charge in [0.2, 0.25) is 0 Å². The van der Waals surface area contributed by atoms with Gasteiger partial charge < -0.3 is 20.2 Å². The number of nitrogens with one attached hydrogen (secondary N) is 1. The largest absolute Gasteiger partial charge is 0.469 e. The molecule has 0 aromatic heterocycles. The summed E-state index contributed by atoms with van der Waals surface area (Å²) in [6, 6.07) is -0.363. The maximum absolute atomic E-state index is 10.3. The van der Waals surface area contributed by atoms with Gasteiger partial charge in [0.05, 0.1) is 18.8 Å². The summed E-state index contributed by atoms with van der Waals surface area (Å²) >= 11 is 0. The molecule has 1 rings (SSSR count). The van der Waals surface area contributed by atoms with E-state index in [4.69, 9.17) is 9.79 Å². The minimum atomic E-state index is -4.40. The normalized spacial score (nSPS) is 30.9. The van der Waals surface area contributed by atoms with E-state index in [0.29, 0.717) is 13.0 Å². The average Bonchev–Trinajstić information content (AvgIpc) is 2.29. The standard InChI is InChI=1S/C5H12NO5P/c7-5-1-2-6-4(5)3-11-12(8,9)10/h4-7H,1-3H2,(H2,8,9,10). The molecule has 4 N–H and O–H groups in total. The molecule has 12 heavy (non-hydrogen) atoms. The van der Waals surface area contributed by atoms with Gasteiger partial charge in [-0.2, -0.15) is 0 Å². The summed E-state index contributed by atoms with van der Waals surface area (Å²) in [5.41, 5.74) is 0. The van der Waals surface area contributed by atoms with Crippen molar-refractivity contribution in [3.63, 3.8) is 0 Å². The fourth-order valence-corrected chi connectivity index (χ4v) is 1.46. The predicted octanol–water partition coefficient (Wildman–Crippen LogP) is -1.18. The Morgan fingerprint density at radius 2 is 2.25 bits per heavy atom. The minimum Gasteiger partial charge on any atom is -0.391 e. The molecule has 0 bridgehead atoms. The van der Waals surface area contributed by atoms with Crippen LogP contribution in [0.25, 0.3) is 0 Å². The number of phosphoric ester groups is 1. The maximum atomic E-state index is 10.3. The third-order valence-corrected chi connectivity index (χ3v) is 2.22. The number of rotatable bonds is 3. The van der Waals surface area contributed by atoms with E-state index >= 15 is 0 Å². The van der Waals surface area contributed by atoms with Crippen molar-refractivity contribution in [3.05, 3.63) is 0 Å². The average molecular weight is 197 g/mol. The monoisotopic (exact) mass is 197 g/mol. The number of aliphatic hydroxyl groups excluding tert-OH is 1. The van der Waals surface area contributed by atoms with Crippen LogP contribution in [0, 0.1) is 0 Å². The first-order valence-corrected chi connectivity index (χ1v) is 5.13. The Morgan fingerprint density at radius 1 is 1.58 bits per heavy atom. The SMILES string of the molecule is O=P(O)(O)OCC1NCCC1O. The highest BCUT2D eigenvalue weighted by molar-refractivity contribution is 7.46. The zero-order valence-electron chi connectivity index (χ0n) is 6.38. The summed E-state index contributed by atoms with van der Waals surface area (Å²) in [6.45, 7) is 0.488. The molecule has 1 saturated heterocycles. The van der Waals surface area contributed by atoms with Crippen molar-refractivity contribution in [2.45, 2.75) is 18.6 Å². The molecule has 7 heteroatoms. The maximum Gasteiger partial charge on any atom is 0.469 e. The van der Waals surface area contributed by atoms with Crippen molar-refractivity contribution in [1.82, 2.24) is 5.32 Å². The molecule has 0 aromatic rings. The van der Waals surface area contributed by atoms with Crippen LogP contribution in [0.2, 0.25) is 0 Å². The lowest BCUT2D eigenvalue weighted by atomic mass is 10.2. The summed E-state index contributed by atoms with van der Waals surface area (Å²) in [7, 11) is -4.40. The second-order valence-corrected chi connectivity index (χ2v) is 3.94. The van der Waals surface area contributed by atoms with Gasteiger partial charge in [0.1, 0.15) is 0 Å². The van der Waals surface area contributed by atoms with Crippen LogP contribution in [0.3, 0.4) is 0 Å². The van der Waals surface area contributed by atoms with Crippen molar-refractivity contribution in [3.8, 4) is 0 Å². The van der Waals surface area contributed by atoms with Crippen LogP contribution >= 0.6 is 7.82 Å². The van der Waals surface area contributed by atoms with Crippen molar-refractivity contribution >= 4 is 7.82 Å². The second kappa shape index (κ2) is 3.83. The molecule has 0 aromatic carbocycles. The molecule has 1 aliphatic rings. The fourth-order valence-electron chi connectivity index (χ4n) is 1.10. The van der Waals surface area contributed by atoms with Gasteiger partial charge in [-0.25, -0.2) is 4.57 Å². The smallest absolute Gasteiger partial charge is 0.391 e. The van der Waals surface area contributed by atoms with Gasteiger partial charge in [0.25, 0.3) is 0 Å². The number of aliphatic hydroxyl groups is 1. The molecule has 0 saturated carbocycles. The summed E-state index contributed by atoms with van der Waals surface area (Å²) in [6.07, 6.45) is 0.0198.